The van der Waals surface area contributed by atoms with Crippen LogP contribution in [0, 0.1) is 11.6 Å². The Morgan fingerprint density at radius 3 is 2.60 bits per heavy atom. The number of nitrogens with two attached hydrogens (primary N) is 1. The van der Waals surface area contributed by atoms with Gasteiger partial charge in [0.1, 0.15) is 0 Å². The summed E-state index contributed by atoms with van der Waals surface area (Å²) in [6, 6.07) is 2.41. The SMILES string of the molecule is Nc1oncc1-c1ccc(F)c(F)c1Br. The van der Waals surface area contributed by atoms with Crippen molar-refractivity contribution in [3.63, 3.8) is 0 Å². The third kappa shape index (κ3) is 1.61. The molecule has 1 heterocycles. The van der Waals surface area contributed by atoms with Gasteiger partial charge in [-0.25, -0.2) is 8.78 Å². The monoisotopic (exact) mass is 274 g/mol. The van der Waals surface area contributed by atoms with Crippen LogP contribution in [0.25, 0.3) is 11.1 Å². The summed E-state index contributed by atoms with van der Waals surface area (Å²) in [5.74, 6) is -1.84. The van der Waals surface area contributed by atoms with E-state index in [1.165, 1.54) is 12.3 Å². The Hall–Kier alpha value is -1.43. The molecule has 15 heavy (non-hydrogen) atoms. The summed E-state index contributed by atoms with van der Waals surface area (Å²) < 4.78 is 30.7. The van der Waals surface area contributed by atoms with Crippen molar-refractivity contribution in [1.29, 1.82) is 0 Å². The van der Waals surface area contributed by atoms with E-state index >= 15 is 0 Å². The minimum atomic E-state index is -0.965. The van der Waals surface area contributed by atoms with E-state index in [1.807, 2.05) is 0 Å². The molecule has 6 heteroatoms. The molecule has 0 aliphatic heterocycles. The first-order valence-electron chi connectivity index (χ1n) is 3.95. The lowest BCUT2D eigenvalue weighted by Crippen LogP contribution is -1.91. The zero-order valence-corrected chi connectivity index (χ0v) is 8.88. The van der Waals surface area contributed by atoms with Crippen LogP contribution in [0.1, 0.15) is 0 Å². The number of hydrogen-bond acceptors (Lipinski definition) is 3. The second-order valence-corrected chi connectivity index (χ2v) is 3.62. The molecule has 78 valence electrons. The molecule has 1 aromatic carbocycles. The summed E-state index contributed by atoms with van der Waals surface area (Å²) in [5.41, 5.74) is 6.28. The predicted molar refractivity (Wildman–Crippen MR) is 54.0 cm³/mol. The quantitative estimate of drug-likeness (QED) is 0.814. The first kappa shape index (κ1) is 10.1. The van der Waals surface area contributed by atoms with Crippen molar-refractivity contribution in [3.8, 4) is 11.1 Å². The lowest BCUT2D eigenvalue weighted by atomic mass is 10.1. The molecule has 2 N–H and O–H groups in total. The van der Waals surface area contributed by atoms with E-state index in [9.17, 15) is 8.78 Å². The van der Waals surface area contributed by atoms with E-state index in [4.69, 9.17) is 5.73 Å². The molecule has 0 amide bonds. The van der Waals surface area contributed by atoms with E-state index in [-0.39, 0.29) is 10.4 Å². The van der Waals surface area contributed by atoms with Gasteiger partial charge in [0.25, 0.3) is 0 Å². The maximum absolute atomic E-state index is 13.2. The molecule has 3 nitrogen and oxygen atoms in total. The van der Waals surface area contributed by atoms with Gasteiger partial charge >= 0.3 is 0 Å². The highest BCUT2D eigenvalue weighted by molar-refractivity contribution is 9.10. The summed E-state index contributed by atoms with van der Waals surface area (Å²) in [5, 5.41) is 3.45. The molecular formula is C9H5BrF2N2O. The summed E-state index contributed by atoms with van der Waals surface area (Å²) in [4.78, 5) is 0. The van der Waals surface area contributed by atoms with Gasteiger partial charge in [-0.15, -0.1) is 0 Å². The van der Waals surface area contributed by atoms with Crippen LogP contribution in [0.5, 0.6) is 0 Å². The first-order chi connectivity index (χ1) is 7.11. The molecular weight excluding hydrogens is 270 g/mol. The van der Waals surface area contributed by atoms with Crippen molar-refractivity contribution >= 4 is 21.8 Å². The van der Waals surface area contributed by atoms with Gasteiger partial charge in [0.15, 0.2) is 11.6 Å². The highest BCUT2D eigenvalue weighted by Gasteiger charge is 2.16. The van der Waals surface area contributed by atoms with Gasteiger partial charge in [0, 0.05) is 5.56 Å². The van der Waals surface area contributed by atoms with Gasteiger partial charge in [0.2, 0.25) is 5.88 Å². The lowest BCUT2D eigenvalue weighted by molar-refractivity contribution is 0.436. The van der Waals surface area contributed by atoms with Gasteiger partial charge in [-0.2, -0.15) is 0 Å². The molecule has 0 unspecified atom stereocenters. The van der Waals surface area contributed by atoms with Crippen LogP contribution in [0.4, 0.5) is 14.7 Å². The molecule has 0 bridgehead atoms. The van der Waals surface area contributed by atoms with E-state index in [0.29, 0.717) is 11.1 Å². The minimum Gasteiger partial charge on any atom is -0.367 e. The van der Waals surface area contributed by atoms with Crippen molar-refractivity contribution in [1.82, 2.24) is 5.16 Å². The van der Waals surface area contributed by atoms with Crippen molar-refractivity contribution < 1.29 is 13.3 Å². The summed E-state index contributed by atoms with van der Waals surface area (Å²) in [6.07, 6.45) is 1.34. The number of hydrogen-bond donors (Lipinski definition) is 1. The van der Waals surface area contributed by atoms with E-state index in [1.54, 1.807) is 0 Å². The van der Waals surface area contributed by atoms with Crippen LogP contribution < -0.4 is 5.73 Å². The largest absolute Gasteiger partial charge is 0.367 e. The number of aromatic nitrogens is 1. The van der Waals surface area contributed by atoms with Crippen LogP contribution in [0.15, 0.2) is 27.3 Å². The second-order valence-electron chi connectivity index (χ2n) is 2.83. The highest BCUT2D eigenvalue weighted by atomic mass is 79.9. The van der Waals surface area contributed by atoms with Crippen molar-refractivity contribution in [2.45, 2.75) is 0 Å². The topological polar surface area (TPSA) is 52.0 Å². The Balaban J connectivity index is 2.65. The smallest absolute Gasteiger partial charge is 0.229 e. The molecule has 0 saturated carbocycles. The molecule has 0 radical (unpaired) electrons. The number of benzene rings is 1. The van der Waals surface area contributed by atoms with Crippen molar-refractivity contribution in [3.05, 3.63) is 34.4 Å². The third-order valence-electron chi connectivity index (χ3n) is 1.92. The Bertz CT molecular complexity index is 513. The fraction of sp³-hybridized carbons (Fsp3) is 0. The number of halogens is 3. The molecule has 1 aromatic heterocycles. The normalized spacial score (nSPS) is 10.6. The Morgan fingerprint density at radius 1 is 1.27 bits per heavy atom. The lowest BCUT2D eigenvalue weighted by Gasteiger charge is -2.03. The Kier molecular flexibility index (Phi) is 2.44. The first-order valence-corrected chi connectivity index (χ1v) is 4.74. The summed E-state index contributed by atoms with van der Waals surface area (Å²) >= 11 is 2.95. The molecule has 0 fully saturated rings. The van der Waals surface area contributed by atoms with Crippen LogP contribution in [0.3, 0.4) is 0 Å². The van der Waals surface area contributed by atoms with Gasteiger partial charge < -0.3 is 10.3 Å². The zero-order valence-electron chi connectivity index (χ0n) is 7.30. The van der Waals surface area contributed by atoms with Crippen molar-refractivity contribution in [2.75, 3.05) is 5.73 Å². The van der Waals surface area contributed by atoms with E-state index < -0.39 is 11.6 Å². The van der Waals surface area contributed by atoms with E-state index in [2.05, 4.69) is 25.6 Å². The van der Waals surface area contributed by atoms with Crippen LogP contribution >= 0.6 is 15.9 Å². The zero-order chi connectivity index (χ0) is 11.0. The maximum Gasteiger partial charge on any atom is 0.229 e. The average molecular weight is 275 g/mol. The van der Waals surface area contributed by atoms with Crippen LogP contribution in [-0.2, 0) is 0 Å². The Labute approximate surface area is 92.0 Å². The molecule has 2 aromatic rings. The molecule has 0 spiro atoms. The summed E-state index contributed by atoms with van der Waals surface area (Å²) in [6.45, 7) is 0. The van der Waals surface area contributed by atoms with Gasteiger partial charge in [0.05, 0.1) is 16.2 Å². The standard InChI is InChI=1S/C9H5BrF2N2O/c10-7-4(1-2-6(11)8(7)12)5-3-14-15-9(5)13/h1-3H,13H2. The fourth-order valence-electron chi connectivity index (χ4n) is 1.18. The number of nitrogens with zero attached hydrogens (tertiary/aromatic N) is 1. The molecule has 0 aliphatic carbocycles. The number of nitrogen functional groups attached to an aromatic ring is 1. The van der Waals surface area contributed by atoms with Gasteiger partial charge in [-0.1, -0.05) is 5.16 Å². The minimum absolute atomic E-state index is 0.00241. The molecule has 0 saturated heterocycles. The molecule has 0 aliphatic rings. The fourth-order valence-corrected chi connectivity index (χ4v) is 1.72. The van der Waals surface area contributed by atoms with Crippen LogP contribution in [-0.4, -0.2) is 5.16 Å². The average Bonchev–Trinajstić information content (AvgIpc) is 2.62. The maximum atomic E-state index is 13.2. The second kappa shape index (κ2) is 3.62. The van der Waals surface area contributed by atoms with Crippen molar-refractivity contribution in [2.24, 2.45) is 0 Å². The summed E-state index contributed by atoms with van der Waals surface area (Å²) in [7, 11) is 0. The molecule has 2 rings (SSSR count). The predicted octanol–water partition coefficient (Wildman–Crippen LogP) is 2.96. The number of rotatable bonds is 1. The van der Waals surface area contributed by atoms with Crippen LogP contribution in [0.2, 0.25) is 0 Å². The molecule has 0 atom stereocenters. The van der Waals surface area contributed by atoms with Gasteiger partial charge in [-0.3, -0.25) is 0 Å². The highest BCUT2D eigenvalue weighted by Crippen LogP contribution is 2.34. The Morgan fingerprint density at radius 2 is 2.00 bits per heavy atom. The third-order valence-corrected chi connectivity index (χ3v) is 2.70. The van der Waals surface area contributed by atoms with E-state index in [0.717, 1.165) is 6.07 Å². The number of anilines is 1. The van der Waals surface area contributed by atoms with Gasteiger partial charge in [-0.05, 0) is 28.1 Å².